The van der Waals surface area contributed by atoms with Gasteiger partial charge in [-0.25, -0.2) is 4.39 Å². The van der Waals surface area contributed by atoms with Gasteiger partial charge in [0.05, 0.1) is 13.0 Å². The largest absolute Gasteiger partial charge is 0.469 e. The Kier molecular flexibility index (Phi) is 5.67. The molecule has 0 N–H and O–H groups in total. The Morgan fingerprint density at radius 1 is 1.35 bits per heavy atom. The monoisotopic (exact) mass is 238 g/mol. The van der Waals surface area contributed by atoms with Gasteiger partial charge in [0.25, 0.3) is 0 Å². The van der Waals surface area contributed by atoms with Gasteiger partial charge in [0.15, 0.2) is 0 Å². The third-order valence-electron chi connectivity index (χ3n) is 2.84. The van der Waals surface area contributed by atoms with Crippen molar-refractivity contribution in [2.45, 2.75) is 32.6 Å². The van der Waals surface area contributed by atoms with Crippen molar-refractivity contribution in [2.75, 3.05) is 7.11 Å². The lowest BCUT2D eigenvalue weighted by atomic mass is 9.94. The normalized spacial score (nSPS) is 12.2. The molecule has 1 rings (SSSR count). The summed E-state index contributed by atoms with van der Waals surface area (Å²) in [5.41, 5.74) is 0.970. The zero-order valence-corrected chi connectivity index (χ0v) is 10.4. The zero-order valence-electron chi connectivity index (χ0n) is 10.4. The van der Waals surface area contributed by atoms with E-state index >= 15 is 0 Å². The first-order valence-corrected chi connectivity index (χ1v) is 5.99. The van der Waals surface area contributed by atoms with Crippen molar-refractivity contribution in [1.29, 1.82) is 0 Å². The van der Waals surface area contributed by atoms with E-state index in [9.17, 15) is 9.18 Å². The van der Waals surface area contributed by atoms with Crippen molar-refractivity contribution >= 4 is 5.97 Å². The van der Waals surface area contributed by atoms with Crippen LogP contribution in [-0.2, 0) is 16.0 Å². The van der Waals surface area contributed by atoms with Crippen LogP contribution in [0.4, 0.5) is 4.39 Å². The highest BCUT2D eigenvalue weighted by Crippen LogP contribution is 2.17. The molecule has 0 radical (unpaired) electrons. The molecule has 1 aromatic carbocycles. The first-order valence-electron chi connectivity index (χ1n) is 5.99. The van der Waals surface area contributed by atoms with Gasteiger partial charge in [0, 0.05) is 0 Å². The number of unbranched alkanes of at least 4 members (excludes halogenated alkanes) is 1. The van der Waals surface area contributed by atoms with Crippen LogP contribution in [0.3, 0.4) is 0 Å². The Bertz CT molecular complexity index is 346. The fourth-order valence-corrected chi connectivity index (χ4v) is 1.83. The predicted octanol–water partition coefficient (Wildman–Crippen LogP) is 3.35. The van der Waals surface area contributed by atoms with Crippen LogP contribution in [-0.4, -0.2) is 13.1 Å². The van der Waals surface area contributed by atoms with Crippen LogP contribution < -0.4 is 0 Å². The molecule has 0 fully saturated rings. The molecule has 0 aliphatic carbocycles. The van der Waals surface area contributed by atoms with Crippen molar-refractivity contribution < 1.29 is 13.9 Å². The lowest BCUT2D eigenvalue weighted by molar-refractivity contribution is -0.145. The first-order chi connectivity index (χ1) is 8.17. The van der Waals surface area contributed by atoms with Crippen LogP contribution in [0.5, 0.6) is 0 Å². The molecule has 0 aliphatic rings. The lowest BCUT2D eigenvalue weighted by Gasteiger charge is -2.14. The molecule has 0 amide bonds. The van der Waals surface area contributed by atoms with Crippen molar-refractivity contribution in [2.24, 2.45) is 5.92 Å². The van der Waals surface area contributed by atoms with Gasteiger partial charge >= 0.3 is 5.97 Å². The summed E-state index contributed by atoms with van der Waals surface area (Å²) in [6, 6.07) is 6.28. The molecule has 0 aromatic heterocycles. The summed E-state index contributed by atoms with van der Waals surface area (Å²) in [5.74, 6) is -0.551. The number of methoxy groups -OCH3 is 1. The second-order valence-electron chi connectivity index (χ2n) is 4.19. The summed E-state index contributed by atoms with van der Waals surface area (Å²) in [5, 5.41) is 0. The molecular weight excluding hydrogens is 219 g/mol. The molecule has 1 aromatic rings. The maximum absolute atomic E-state index is 12.8. The quantitative estimate of drug-likeness (QED) is 0.710. The summed E-state index contributed by atoms with van der Waals surface area (Å²) in [6.45, 7) is 2.09. The Morgan fingerprint density at radius 3 is 2.53 bits per heavy atom. The van der Waals surface area contributed by atoms with Gasteiger partial charge in [-0.3, -0.25) is 4.79 Å². The van der Waals surface area contributed by atoms with E-state index in [1.807, 2.05) is 0 Å². The number of hydrogen-bond donors (Lipinski definition) is 0. The lowest BCUT2D eigenvalue weighted by Crippen LogP contribution is -2.18. The average molecular weight is 238 g/mol. The summed E-state index contributed by atoms with van der Waals surface area (Å²) in [6.07, 6.45) is 3.49. The standard InChI is InChI=1S/C14H19FO2/c1-3-4-5-12(14(16)17-2)10-11-6-8-13(15)9-7-11/h6-9,12H,3-5,10H2,1-2H3. The van der Waals surface area contributed by atoms with Crippen LogP contribution in [0.25, 0.3) is 0 Å². The number of hydrogen-bond acceptors (Lipinski definition) is 2. The maximum Gasteiger partial charge on any atom is 0.308 e. The molecule has 1 atom stereocenters. The topological polar surface area (TPSA) is 26.3 Å². The van der Waals surface area contributed by atoms with Crippen LogP contribution in [0.15, 0.2) is 24.3 Å². The molecule has 0 bridgehead atoms. The molecule has 0 saturated carbocycles. The Labute approximate surface area is 102 Å². The highest BCUT2D eigenvalue weighted by Gasteiger charge is 2.18. The third-order valence-corrected chi connectivity index (χ3v) is 2.84. The van der Waals surface area contributed by atoms with E-state index in [1.54, 1.807) is 12.1 Å². The van der Waals surface area contributed by atoms with Gasteiger partial charge in [0.1, 0.15) is 5.82 Å². The van der Waals surface area contributed by atoms with Gasteiger partial charge in [0.2, 0.25) is 0 Å². The summed E-state index contributed by atoms with van der Waals surface area (Å²) < 4.78 is 17.6. The van der Waals surface area contributed by atoms with E-state index < -0.39 is 0 Å². The number of halogens is 1. The number of benzene rings is 1. The van der Waals surface area contributed by atoms with Crippen molar-refractivity contribution in [3.05, 3.63) is 35.6 Å². The second-order valence-corrected chi connectivity index (χ2v) is 4.19. The number of rotatable bonds is 6. The maximum atomic E-state index is 12.8. The summed E-state index contributed by atoms with van der Waals surface area (Å²) in [7, 11) is 1.41. The molecule has 94 valence electrons. The van der Waals surface area contributed by atoms with Gasteiger partial charge in [-0.05, 0) is 30.5 Å². The molecule has 2 nitrogen and oxygen atoms in total. The minimum absolute atomic E-state index is 0.120. The minimum Gasteiger partial charge on any atom is -0.469 e. The molecule has 1 unspecified atom stereocenters. The second kappa shape index (κ2) is 7.05. The van der Waals surface area contributed by atoms with Crippen molar-refractivity contribution in [1.82, 2.24) is 0 Å². The molecule has 0 heterocycles. The average Bonchev–Trinajstić information content (AvgIpc) is 2.36. The van der Waals surface area contributed by atoms with E-state index in [1.165, 1.54) is 19.2 Å². The molecule has 0 aliphatic heterocycles. The fourth-order valence-electron chi connectivity index (χ4n) is 1.83. The van der Waals surface area contributed by atoms with Crippen LogP contribution in [0.2, 0.25) is 0 Å². The SMILES string of the molecule is CCCCC(Cc1ccc(F)cc1)C(=O)OC. The van der Waals surface area contributed by atoms with Crippen LogP contribution in [0, 0.1) is 11.7 Å². The van der Waals surface area contributed by atoms with Crippen molar-refractivity contribution in [3.8, 4) is 0 Å². The van der Waals surface area contributed by atoms with Gasteiger partial charge < -0.3 is 4.74 Å². The van der Waals surface area contributed by atoms with E-state index in [0.717, 1.165) is 24.8 Å². The Morgan fingerprint density at radius 2 is 2.00 bits per heavy atom. The highest BCUT2D eigenvalue weighted by molar-refractivity contribution is 5.72. The van der Waals surface area contributed by atoms with Crippen molar-refractivity contribution in [3.63, 3.8) is 0 Å². The molecule has 3 heteroatoms. The summed E-state index contributed by atoms with van der Waals surface area (Å²) >= 11 is 0. The minimum atomic E-state index is -0.253. The number of carbonyl (C=O) groups excluding carboxylic acids is 1. The Hall–Kier alpha value is -1.38. The molecule has 17 heavy (non-hydrogen) atoms. The fraction of sp³-hybridized carbons (Fsp3) is 0.500. The van der Waals surface area contributed by atoms with E-state index in [4.69, 9.17) is 4.74 Å². The third kappa shape index (κ3) is 4.55. The van der Waals surface area contributed by atoms with E-state index in [0.29, 0.717) is 6.42 Å². The van der Waals surface area contributed by atoms with Crippen LogP contribution in [0.1, 0.15) is 31.7 Å². The van der Waals surface area contributed by atoms with Gasteiger partial charge in [-0.15, -0.1) is 0 Å². The molecule has 0 spiro atoms. The molecule has 0 saturated heterocycles. The Balaban J connectivity index is 2.64. The van der Waals surface area contributed by atoms with E-state index in [2.05, 4.69) is 6.92 Å². The van der Waals surface area contributed by atoms with Gasteiger partial charge in [-0.1, -0.05) is 31.9 Å². The zero-order chi connectivity index (χ0) is 12.7. The predicted molar refractivity (Wildman–Crippen MR) is 65.1 cm³/mol. The van der Waals surface area contributed by atoms with Crippen LogP contribution >= 0.6 is 0 Å². The first kappa shape index (κ1) is 13.7. The number of carbonyl (C=O) groups is 1. The smallest absolute Gasteiger partial charge is 0.308 e. The van der Waals surface area contributed by atoms with E-state index in [-0.39, 0.29) is 17.7 Å². The number of esters is 1. The summed E-state index contributed by atoms with van der Waals surface area (Å²) in [4.78, 5) is 11.6. The molecular formula is C14H19FO2. The highest BCUT2D eigenvalue weighted by atomic mass is 19.1. The number of ether oxygens (including phenoxy) is 1. The van der Waals surface area contributed by atoms with Gasteiger partial charge in [-0.2, -0.15) is 0 Å².